The Kier molecular flexibility index (Phi) is 5.72. The van der Waals surface area contributed by atoms with Crippen LogP contribution in [0.5, 0.6) is 0 Å². The van der Waals surface area contributed by atoms with Gasteiger partial charge in [-0.05, 0) is 56.2 Å². The Morgan fingerprint density at radius 3 is 2.30 bits per heavy atom. The third-order valence-corrected chi connectivity index (χ3v) is 6.59. The molecule has 1 heterocycles. The highest BCUT2D eigenvalue weighted by atomic mass is 32.2. The van der Waals surface area contributed by atoms with Crippen molar-refractivity contribution in [1.29, 1.82) is 0 Å². The van der Waals surface area contributed by atoms with Crippen LogP contribution in [-0.4, -0.2) is 37.0 Å². The fraction of sp³-hybridized carbons (Fsp3) is 0.300. The van der Waals surface area contributed by atoms with Crippen molar-refractivity contribution in [2.45, 2.75) is 37.1 Å². The molecule has 0 spiro atoms. The molecule has 1 aliphatic heterocycles. The van der Waals surface area contributed by atoms with Crippen LogP contribution in [0.25, 0.3) is 0 Å². The second-order valence-corrected chi connectivity index (χ2v) is 8.45. The van der Waals surface area contributed by atoms with Crippen LogP contribution in [0.2, 0.25) is 0 Å². The smallest absolute Gasteiger partial charge is 0.243 e. The average molecular weight is 386 g/mol. The normalized spacial score (nSPS) is 18.0. The van der Waals surface area contributed by atoms with Gasteiger partial charge in [0, 0.05) is 17.8 Å². The molecule has 1 atom stereocenters. The Hall–Kier alpha value is -2.51. The minimum absolute atomic E-state index is 0.0553. The molecule has 1 amide bonds. The Bertz CT molecular complexity index is 924. The van der Waals surface area contributed by atoms with Gasteiger partial charge in [0.2, 0.25) is 15.9 Å². The lowest BCUT2D eigenvalue weighted by molar-refractivity contribution is -0.120. The van der Waals surface area contributed by atoms with Gasteiger partial charge in [-0.15, -0.1) is 0 Å². The summed E-state index contributed by atoms with van der Waals surface area (Å²) in [7, 11) is -3.74. The number of piperidine rings is 1. The molecule has 0 aromatic heterocycles. The molecule has 27 heavy (non-hydrogen) atoms. The van der Waals surface area contributed by atoms with Gasteiger partial charge in [0.15, 0.2) is 5.78 Å². The van der Waals surface area contributed by atoms with Gasteiger partial charge in [-0.1, -0.05) is 24.6 Å². The van der Waals surface area contributed by atoms with Gasteiger partial charge in [0.25, 0.3) is 0 Å². The van der Waals surface area contributed by atoms with Gasteiger partial charge in [-0.2, -0.15) is 4.31 Å². The number of Topliss-reactive ketones (excluding diaryl/α,β-unsaturated/α-hetero) is 1. The van der Waals surface area contributed by atoms with E-state index >= 15 is 0 Å². The number of nitrogens with one attached hydrogen (secondary N) is 1. The van der Waals surface area contributed by atoms with Gasteiger partial charge in [-0.25, -0.2) is 8.42 Å². The molecule has 2 aromatic rings. The van der Waals surface area contributed by atoms with Crippen LogP contribution in [0.4, 0.5) is 5.69 Å². The van der Waals surface area contributed by atoms with Gasteiger partial charge in [0.05, 0.1) is 4.90 Å². The number of anilines is 1. The molecule has 1 saturated heterocycles. The summed E-state index contributed by atoms with van der Waals surface area (Å²) in [5.41, 5.74) is 1.09. The molecule has 6 nitrogen and oxygen atoms in total. The van der Waals surface area contributed by atoms with Crippen molar-refractivity contribution in [3.8, 4) is 0 Å². The topological polar surface area (TPSA) is 83.6 Å². The second-order valence-electron chi connectivity index (χ2n) is 6.56. The van der Waals surface area contributed by atoms with Crippen LogP contribution in [0.3, 0.4) is 0 Å². The zero-order valence-electron chi connectivity index (χ0n) is 15.1. The number of hydrogen-bond acceptors (Lipinski definition) is 4. The molecule has 7 heteroatoms. The maximum Gasteiger partial charge on any atom is 0.243 e. The number of sulfonamides is 1. The number of nitrogens with zero attached hydrogens (tertiary/aromatic N) is 1. The molecule has 1 fully saturated rings. The molecule has 1 aliphatic rings. The first-order valence-electron chi connectivity index (χ1n) is 8.88. The zero-order chi connectivity index (χ0) is 19.4. The van der Waals surface area contributed by atoms with Crippen LogP contribution in [0.1, 0.15) is 36.5 Å². The molecule has 1 N–H and O–H groups in total. The van der Waals surface area contributed by atoms with Crippen molar-refractivity contribution in [3.05, 3.63) is 60.2 Å². The van der Waals surface area contributed by atoms with E-state index in [-0.39, 0.29) is 16.6 Å². The fourth-order valence-electron chi connectivity index (χ4n) is 3.20. The first kappa shape index (κ1) is 19.3. The third kappa shape index (κ3) is 4.26. The Morgan fingerprint density at radius 1 is 1.00 bits per heavy atom. The molecule has 2 aromatic carbocycles. The molecule has 1 unspecified atom stereocenters. The Morgan fingerprint density at radius 2 is 1.67 bits per heavy atom. The monoisotopic (exact) mass is 386 g/mol. The van der Waals surface area contributed by atoms with Crippen LogP contribution >= 0.6 is 0 Å². The summed E-state index contributed by atoms with van der Waals surface area (Å²) < 4.78 is 27.3. The Labute approximate surface area is 159 Å². The highest BCUT2D eigenvalue weighted by Crippen LogP contribution is 2.26. The van der Waals surface area contributed by atoms with Crippen LogP contribution in [0.15, 0.2) is 59.5 Å². The highest BCUT2D eigenvalue weighted by Gasteiger charge is 2.37. The lowest BCUT2D eigenvalue weighted by Crippen LogP contribution is -2.49. The van der Waals surface area contributed by atoms with Crippen molar-refractivity contribution >= 4 is 27.4 Å². The van der Waals surface area contributed by atoms with Crippen LogP contribution in [0, 0.1) is 0 Å². The zero-order valence-corrected chi connectivity index (χ0v) is 15.9. The lowest BCUT2D eigenvalue weighted by Gasteiger charge is -2.33. The predicted octanol–water partition coefficient (Wildman–Crippen LogP) is 3.07. The maximum atomic E-state index is 13.0. The van der Waals surface area contributed by atoms with E-state index in [1.807, 2.05) is 0 Å². The molecule has 0 aliphatic carbocycles. The predicted molar refractivity (Wildman–Crippen MR) is 103 cm³/mol. The lowest BCUT2D eigenvalue weighted by atomic mass is 10.0. The average Bonchev–Trinajstić information content (AvgIpc) is 2.69. The number of carbonyl (C=O) groups is 2. The maximum absolute atomic E-state index is 13.0. The summed E-state index contributed by atoms with van der Waals surface area (Å²) in [4.78, 5) is 24.3. The largest absolute Gasteiger partial charge is 0.325 e. The molecular weight excluding hydrogens is 364 g/mol. The van der Waals surface area contributed by atoms with E-state index in [0.717, 1.165) is 12.8 Å². The number of hydrogen-bond donors (Lipinski definition) is 1. The molecule has 0 bridgehead atoms. The first-order chi connectivity index (χ1) is 12.9. The molecule has 3 rings (SSSR count). The van der Waals surface area contributed by atoms with Crippen molar-refractivity contribution < 1.29 is 18.0 Å². The van der Waals surface area contributed by atoms with E-state index in [2.05, 4.69) is 5.32 Å². The van der Waals surface area contributed by atoms with Crippen LogP contribution in [-0.2, 0) is 14.8 Å². The number of ketones is 1. The highest BCUT2D eigenvalue weighted by molar-refractivity contribution is 7.89. The minimum Gasteiger partial charge on any atom is -0.325 e. The van der Waals surface area contributed by atoms with E-state index in [1.54, 1.807) is 54.6 Å². The van der Waals surface area contributed by atoms with Crippen molar-refractivity contribution in [1.82, 2.24) is 4.31 Å². The van der Waals surface area contributed by atoms with E-state index in [9.17, 15) is 18.0 Å². The Balaban J connectivity index is 1.80. The van der Waals surface area contributed by atoms with E-state index < -0.39 is 16.1 Å². The first-order valence-corrected chi connectivity index (χ1v) is 10.3. The quantitative estimate of drug-likeness (QED) is 0.801. The SMILES string of the molecule is CC(=O)c1ccc(NC(=O)C2CCCCN2S(=O)(=O)c2ccccc2)cc1. The van der Waals surface area contributed by atoms with Crippen molar-refractivity contribution in [2.75, 3.05) is 11.9 Å². The minimum atomic E-state index is -3.74. The summed E-state index contributed by atoms with van der Waals surface area (Å²) >= 11 is 0. The molecule has 0 radical (unpaired) electrons. The van der Waals surface area contributed by atoms with E-state index in [4.69, 9.17) is 0 Å². The number of carbonyl (C=O) groups excluding carboxylic acids is 2. The van der Waals surface area contributed by atoms with Gasteiger partial charge in [-0.3, -0.25) is 9.59 Å². The van der Waals surface area contributed by atoms with Gasteiger partial charge in [0.1, 0.15) is 6.04 Å². The van der Waals surface area contributed by atoms with Crippen molar-refractivity contribution in [2.24, 2.45) is 0 Å². The number of rotatable bonds is 5. The summed E-state index contributed by atoms with van der Waals surface area (Å²) in [5, 5.41) is 2.77. The van der Waals surface area contributed by atoms with E-state index in [1.165, 1.54) is 11.2 Å². The number of benzene rings is 2. The summed E-state index contributed by atoms with van der Waals surface area (Å²) in [6.45, 7) is 1.79. The molecule has 0 saturated carbocycles. The summed E-state index contributed by atoms with van der Waals surface area (Å²) in [6.07, 6.45) is 1.99. The summed E-state index contributed by atoms with van der Waals surface area (Å²) in [6, 6.07) is 14.0. The summed E-state index contributed by atoms with van der Waals surface area (Å²) in [5.74, 6) is -0.412. The van der Waals surface area contributed by atoms with E-state index in [0.29, 0.717) is 24.2 Å². The number of amides is 1. The second kappa shape index (κ2) is 8.02. The van der Waals surface area contributed by atoms with Crippen LogP contribution < -0.4 is 5.32 Å². The van der Waals surface area contributed by atoms with Gasteiger partial charge >= 0.3 is 0 Å². The molecular formula is C20H22N2O4S. The molecule has 142 valence electrons. The van der Waals surface area contributed by atoms with Crippen molar-refractivity contribution in [3.63, 3.8) is 0 Å². The third-order valence-electron chi connectivity index (χ3n) is 4.67. The van der Waals surface area contributed by atoms with Gasteiger partial charge < -0.3 is 5.32 Å². The fourth-order valence-corrected chi connectivity index (χ4v) is 4.87. The standard InChI is InChI=1S/C20H22N2O4S/c1-15(23)16-10-12-17(13-11-16)21-20(24)19-9-5-6-14-22(19)27(25,26)18-7-3-2-4-8-18/h2-4,7-8,10-13,19H,5-6,9,14H2,1H3,(H,21,24).